The van der Waals surface area contributed by atoms with Gasteiger partial charge in [0.05, 0.1) is 27.3 Å². The van der Waals surface area contributed by atoms with Crippen molar-refractivity contribution in [3.63, 3.8) is 0 Å². The average molecular weight is 450 g/mol. The fraction of sp³-hybridized carbons (Fsp3) is 0.364. The highest BCUT2D eigenvalue weighted by Crippen LogP contribution is 2.29. The van der Waals surface area contributed by atoms with Crippen molar-refractivity contribution in [2.24, 2.45) is 5.92 Å². The van der Waals surface area contributed by atoms with Crippen LogP contribution in [0.4, 0.5) is 0 Å². The molecule has 0 aliphatic carbocycles. The second-order valence-corrected chi connectivity index (χ2v) is 11.6. The molecule has 8 heteroatoms. The quantitative estimate of drug-likeness (QED) is 0.624. The summed E-state index contributed by atoms with van der Waals surface area (Å²) in [5.74, 6) is -0.310. The molecule has 1 aliphatic rings. The number of hydrogen-bond acceptors (Lipinski definition) is 5. The molecular formula is C22H27NO5S2. The number of epoxide rings is 1. The number of benzene rings is 2. The molecule has 30 heavy (non-hydrogen) atoms. The number of sulfonamides is 1. The highest BCUT2D eigenvalue weighted by molar-refractivity contribution is 7.95. The number of sulfone groups is 1. The maximum atomic E-state index is 13.5. The summed E-state index contributed by atoms with van der Waals surface area (Å²) in [7, 11) is -7.85. The molecule has 2 aromatic carbocycles. The van der Waals surface area contributed by atoms with Gasteiger partial charge in [-0.15, -0.1) is 0 Å². The molecule has 0 spiro atoms. The molecule has 2 atom stereocenters. The molecule has 0 bridgehead atoms. The number of nitrogens with one attached hydrogen (secondary N) is 1. The summed E-state index contributed by atoms with van der Waals surface area (Å²) in [6.07, 6.45) is 1.20. The Labute approximate surface area is 178 Å². The van der Waals surface area contributed by atoms with Gasteiger partial charge in [0.2, 0.25) is 19.9 Å². The Morgan fingerprint density at radius 2 is 1.40 bits per heavy atom. The van der Waals surface area contributed by atoms with E-state index in [2.05, 4.69) is 4.72 Å². The lowest BCUT2D eigenvalue weighted by Gasteiger charge is -2.25. The molecule has 162 valence electrons. The highest BCUT2D eigenvalue weighted by atomic mass is 32.2. The second-order valence-electron chi connectivity index (χ2n) is 7.91. The van der Waals surface area contributed by atoms with Crippen LogP contribution < -0.4 is 4.72 Å². The van der Waals surface area contributed by atoms with E-state index in [1.54, 1.807) is 38.1 Å². The summed E-state index contributed by atoms with van der Waals surface area (Å²) < 4.78 is 60.8. The van der Waals surface area contributed by atoms with E-state index in [4.69, 9.17) is 4.74 Å². The van der Waals surface area contributed by atoms with Gasteiger partial charge in [-0.1, -0.05) is 49.2 Å². The monoisotopic (exact) mass is 449 g/mol. The normalized spacial score (nSPS) is 18.4. The standard InChI is InChI=1S/C22H27NO5S2/c1-15(2)22(23-30(26,27)20-11-7-17(4)8-12-20)21(13-18-14-28-18)29(24,25)19-9-5-16(3)6-10-19/h5-13,15,18,22-23H,14H2,1-4H3/b21-13+/t18-,22-/m0/s1. The molecule has 3 rings (SSSR count). The lowest BCUT2D eigenvalue weighted by Crippen LogP contribution is -2.42. The minimum Gasteiger partial charge on any atom is -0.369 e. The molecule has 1 fully saturated rings. The van der Waals surface area contributed by atoms with Crippen molar-refractivity contribution in [2.45, 2.75) is 49.6 Å². The van der Waals surface area contributed by atoms with Gasteiger partial charge in [0.15, 0.2) is 0 Å². The predicted molar refractivity (Wildman–Crippen MR) is 116 cm³/mol. The van der Waals surface area contributed by atoms with Crippen LogP contribution in [0, 0.1) is 19.8 Å². The maximum Gasteiger partial charge on any atom is 0.241 e. The van der Waals surface area contributed by atoms with E-state index >= 15 is 0 Å². The van der Waals surface area contributed by atoms with Crippen LogP contribution in [0.15, 0.2) is 69.3 Å². The smallest absolute Gasteiger partial charge is 0.241 e. The predicted octanol–water partition coefficient (Wildman–Crippen LogP) is 3.36. The van der Waals surface area contributed by atoms with E-state index < -0.39 is 25.9 Å². The number of ether oxygens (including phenoxy) is 1. The van der Waals surface area contributed by atoms with Gasteiger partial charge in [-0.05, 0) is 50.1 Å². The molecule has 1 aliphatic heterocycles. The van der Waals surface area contributed by atoms with Crippen LogP contribution in [0.1, 0.15) is 25.0 Å². The van der Waals surface area contributed by atoms with Crippen LogP contribution in [0.2, 0.25) is 0 Å². The Kier molecular flexibility index (Phi) is 6.52. The average Bonchev–Trinajstić information content (AvgIpc) is 3.49. The topological polar surface area (TPSA) is 92.8 Å². The molecule has 0 saturated carbocycles. The van der Waals surface area contributed by atoms with Gasteiger partial charge < -0.3 is 4.74 Å². The number of hydrogen-bond donors (Lipinski definition) is 1. The number of rotatable bonds is 8. The SMILES string of the molecule is Cc1ccc(S(=O)(=O)N[C@H](/C(=C\[C@H]2CO2)S(=O)(=O)c2ccc(C)cc2)C(C)C)cc1. The van der Waals surface area contributed by atoms with Crippen molar-refractivity contribution >= 4 is 19.9 Å². The van der Waals surface area contributed by atoms with Gasteiger partial charge in [-0.2, -0.15) is 0 Å². The van der Waals surface area contributed by atoms with E-state index in [1.807, 2.05) is 13.8 Å². The first kappa shape index (κ1) is 22.7. The van der Waals surface area contributed by atoms with Crippen molar-refractivity contribution in [3.8, 4) is 0 Å². The molecule has 1 saturated heterocycles. The van der Waals surface area contributed by atoms with Crippen LogP contribution in [-0.4, -0.2) is 35.6 Å². The van der Waals surface area contributed by atoms with E-state index in [-0.39, 0.29) is 26.7 Å². The molecule has 6 nitrogen and oxygen atoms in total. The van der Waals surface area contributed by atoms with Gasteiger partial charge in [-0.25, -0.2) is 21.6 Å². The summed E-state index contributed by atoms with van der Waals surface area (Å²) in [5.41, 5.74) is 1.87. The van der Waals surface area contributed by atoms with E-state index in [1.165, 1.54) is 30.3 Å². The third kappa shape index (κ3) is 5.18. The van der Waals surface area contributed by atoms with Gasteiger partial charge in [-0.3, -0.25) is 0 Å². The zero-order valence-corrected chi connectivity index (χ0v) is 19.1. The fourth-order valence-corrected chi connectivity index (χ4v) is 6.23. The van der Waals surface area contributed by atoms with Crippen LogP contribution in [-0.2, 0) is 24.6 Å². The molecule has 0 radical (unpaired) electrons. The lowest BCUT2D eigenvalue weighted by atomic mass is 10.0. The molecule has 1 heterocycles. The summed E-state index contributed by atoms with van der Waals surface area (Å²) >= 11 is 0. The maximum absolute atomic E-state index is 13.5. The Balaban J connectivity index is 2.04. The van der Waals surface area contributed by atoms with Gasteiger partial charge in [0, 0.05) is 0 Å². The molecule has 2 aromatic rings. The highest BCUT2D eigenvalue weighted by Gasteiger charge is 2.36. The Morgan fingerprint density at radius 1 is 0.933 bits per heavy atom. The third-order valence-corrected chi connectivity index (χ3v) is 8.30. The van der Waals surface area contributed by atoms with Crippen molar-refractivity contribution in [1.82, 2.24) is 4.72 Å². The van der Waals surface area contributed by atoms with Gasteiger partial charge >= 0.3 is 0 Å². The van der Waals surface area contributed by atoms with Gasteiger partial charge in [0.25, 0.3) is 0 Å². The molecular weight excluding hydrogens is 422 g/mol. The summed E-state index contributed by atoms with van der Waals surface area (Å²) in [6.45, 7) is 7.73. The van der Waals surface area contributed by atoms with E-state index in [9.17, 15) is 16.8 Å². The summed E-state index contributed by atoms with van der Waals surface area (Å²) in [6, 6.07) is 12.0. The van der Waals surface area contributed by atoms with Crippen LogP contribution in [0.25, 0.3) is 0 Å². The Bertz CT molecular complexity index is 1130. The minimum atomic E-state index is -3.93. The minimum absolute atomic E-state index is 0.0135. The third-order valence-electron chi connectivity index (χ3n) is 4.94. The van der Waals surface area contributed by atoms with E-state index in [0.29, 0.717) is 6.61 Å². The van der Waals surface area contributed by atoms with Gasteiger partial charge in [0.1, 0.15) is 6.10 Å². The molecule has 0 unspecified atom stereocenters. The van der Waals surface area contributed by atoms with E-state index in [0.717, 1.165) is 11.1 Å². The Morgan fingerprint density at radius 3 is 1.83 bits per heavy atom. The number of aryl methyl sites for hydroxylation is 2. The zero-order valence-electron chi connectivity index (χ0n) is 17.5. The van der Waals surface area contributed by atoms with Crippen molar-refractivity contribution < 1.29 is 21.6 Å². The molecule has 0 aromatic heterocycles. The van der Waals surface area contributed by atoms with Crippen molar-refractivity contribution in [2.75, 3.05) is 6.61 Å². The van der Waals surface area contributed by atoms with Crippen LogP contribution in [0.3, 0.4) is 0 Å². The first-order valence-corrected chi connectivity index (χ1v) is 12.7. The van der Waals surface area contributed by atoms with Crippen molar-refractivity contribution in [1.29, 1.82) is 0 Å². The summed E-state index contributed by atoms with van der Waals surface area (Å²) in [5, 5.41) is 0. The lowest BCUT2D eigenvalue weighted by molar-refractivity contribution is 0.436. The summed E-state index contributed by atoms with van der Waals surface area (Å²) in [4.78, 5) is 0.230. The molecule has 0 amide bonds. The van der Waals surface area contributed by atoms with Crippen molar-refractivity contribution in [3.05, 3.63) is 70.6 Å². The fourth-order valence-electron chi connectivity index (χ4n) is 3.02. The largest absolute Gasteiger partial charge is 0.369 e. The Hall–Kier alpha value is -2.00. The first-order chi connectivity index (χ1) is 14.0. The molecule has 1 N–H and O–H groups in total. The zero-order chi connectivity index (χ0) is 22.1. The van der Waals surface area contributed by atoms with Crippen LogP contribution >= 0.6 is 0 Å². The van der Waals surface area contributed by atoms with Crippen LogP contribution in [0.5, 0.6) is 0 Å². The first-order valence-electron chi connectivity index (χ1n) is 9.75. The second kappa shape index (κ2) is 8.63.